The van der Waals surface area contributed by atoms with E-state index in [2.05, 4.69) is 45.9 Å². The molecule has 0 bridgehead atoms. The number of carbonyl (C=O) groups excluding carboxylic acids is 2. The quantitative estimate of drug-likeness (QED) is 0.868. The van der Waals surface area contributed by atoms with Gasteiger partial charge in [-0.1, -0.05) is 42.5 Å². The third-order valence-electron chi connectivity index (χ3n) is 5.54. The number of nitrogens with one attached hydrogen (secondary N) is 2. The topological polar surface area (TPSA) is 61.4 Å². The Hall–Kier alpha value is -2.40. The van der Waals surface area contributed by atoms with E-state index in [-0.39, 0.29) is 18.2 Å². The average molecular weight is 351 g/mol. The second kappa shape index (κ2) is 7.46. The number of benzene rings is 2. The molecule has 26 heavy (non-hydrogen) atoms. The first-order valence-corrected chi connectivity index (χ1v) is 9.48. The molecule has 5 heteroatoms. The first-order chi connectivity index (χ1) is 12.7. The lowest BCUT2D eigenvalue weighted by Gasteiger charge is -2.35. The summed E-state index contributed by atoms with van der Waals surface area (Å²) in [6, 6.07) is 14.5. The van der Waals surface area contributed by atoms with Crippen LogP contribution in [0.4, 0.5) is 0 Å². The minimum atomic E-state index is -0.400. The van der Waals surface area contributed by atoms with Gasteiger partial charge in [0.15, 0.2) is 0 Å². The molecule has 2 aliphatic rings. The molecule has 136 valence electrons. The smallest absolute Gasteiger partial charge is 0.237 e. The van der Waals surface area contributed by atoms with Gasteiger partial charge in [0.25, 0.3) is 0 Å². The van der Waals surface area contributed by atoms with Crippen molar-refractivity contribution in [1.82, 2.24) is 15.5 Å². The summed E-state index contributed by atoms with van der Waals surface area (Å²) in [4.78, 5) is 26.9. The Morgan fingerprint density at radius 3 is 2.77 bits per heavy atom. The first-order valence-electron chi connectivity index (χ1n) is 9.48. The molecule has 1 aliphatic heterocycles. The molecule has 2 fully saturated rings. The molecule has 0 spiro atoms. The number of hydrogen-bond acceptors (Lipinski definition) is 3. The monoisotopic (exact) mass is 351 g/mol. The van der Waals surface area contributed by atoms with E-state index in [0.717, 1.165) is 19.4 Å². The molecule has 1 saturated carbocycles. The molecular weight excluding hydrogens is 326 g/mol. The first kappa shape index (κ1) is 17.0. The Morgan fingerprint density at radius 2 is 1.96 bits per heavy atom. The zero-order valence-electron chi connectivity index (χ0n) is 14.9. The SMILES string of the molecule is O=C(C[C@H]1C(=O)NCCN1Cc1cccc2ccccc12)NC1CCC1. The van der Waals surface area contributed by atoms with Gasteiger partial charge in [-0.25, -0.2) is 0 Å². The van der Waals surface area contributed by atoms with Crippen LogP contribution >= 0.6 is 0 Å². The summed E-state index contributed by atoms with van der Waals surface area (Å²) in [7, 11) is 0. The minimum Gasteiger partial charge on any atom is -0.353 e. The van der Waals surface area contributed by atoms with Gasteiger partial charge in [-0.3, -0.25) is 14.5 Å². The van der Waals surface area contributed by atoms with Crippen molar-refractivity contribution in [1.29, 1.82) is 0 Å². The standard InChI is InChI=1S/C21H25N3O2/c25-20(23-17-8-4-9-17)13-19-21(26)22-11-12-24(19)14-16-7-3-6-15-5-1-2-10-18(15)16/h1-3,5-7,10,17,19H,4,8-9,11-14H2,(H,22,26)(H,23,25)/t19-/m0/s1. The molecular formula is C21H25N3O2. The van der Waals surface area contributed by atoms with Crippen molar-refractivity contribution in [2.24, 2.45) is 0 Å². The molecule has 4 rings (SSSR count). The fourth-order valence-corrected chi connectivity index (χ4v) is 3.84. The van der Waals surface area contributed by atoms with Crippen molar-refractivity contribution >= 4 is 22.6 Å². The molecule has 0 unspecified atom stereocenters. The maximum atomic E-state index is 12.4. The fourth-order valence-electron chi connectivity index (χ4n) is 3.84. The van der Waals surface area contributed by atoms with E-state index >= 15 is 0 Å². The van der Waals surface area contributed by atoms with Crippen LogP contribution in [0.15, 0.2) is 42.5 Å². The summed E-state index contributed by atoms with van der Waals surface area (Å²) < 4.78 is 0. The zero-order valence-corrected chi connectivity index (χ0v) is 14.9. The second-order valence-electron chi connectivity index (χ2n) is 7.32. The lowest BCUT2D eigenvalue weighted by atomic mass is 9.93. The lowest BCUT2D eigenvalue weighted by Crippen LogP contribution is -2.56. The zero-order chi connectivity index (χ0) is 17.9. The Bertz CT molecular complexity index is 811. The highest BCUT2D eigenvalue weighted by molar-refractivity contribution is 5.89. The van der Waals surface area contributed by atoms with Crippen molar-refractivity contribution in [3.8, 4) is 0 Å². The van der Waals surface area contributed by atoms with Gasteiger partial charge in [0.2, 0.25) is 11.8 Å². The molecule has 1 saturated heterocycles. The highest BCUT2D eigenvalue weighted by Gasteiger charge is 2.32. The van der Waals surface area contributed by atoms with Crippen LogP contribution in [0, 0.1) is 0 Å². The Morgan fingerprint density at radius 1 is 1.15 bits per heavy atom. The molecule has 2 aromatic carbocycles. The van der Waals surface area contributed by atoms with E-state index < -0.39 is 6.04 Å². The van der Waals surface area contributed by atoms with Crippen LogP contribution in [0.2, 0.25) is 0 Å². The summed E-state index contributed by atoms with van der Waals surface area (Å²) in [6.45, 7) is 2.07. The van der Waals surface area contributed by atoms with Gasteiger partial charge < -0.3 is 10.6 Å². The number of hydrogen-bond donors (Lipinski definition) is 2. The van der Waals surface area contributed by atoms with Crippen LogP contribution in [0.1, 0.15) is 31.2 Å². The maximum absolute atomic E-state index is 12.4. The van der Waals surface area contributed by atoms with Crippen molar-refractivity contribution in [2.45, 2.75) is 44.3 Å². The summed E-state index contributed by atoms with van der Waals surface area (Å²) >= 11 is 0. The van der Waals surface area contributed by atoms with Crippen LogP contribution < -0.4 is 10.6 Å². The average Bonchev–Trinajstić information content (AvgIpc) is 2.61. The van der Waals surface area contributed by atoms with E-state index in [0.29, 0.717) is 19.1 Å². The van der Waals surface area contributed by atoms with Crippen LogP contribution in [-0.2, 0) is 16.1 Å². The second-order valence-corrected chi connectivity index (χ2v) is 7.32. The summed E-state index contributed by atoms with van der Waals surface area (Å²) in [5.74, 6) is -0.0556. The molecule has 1 atom stereocenters. The number of fused-ring (bicyclic) bond motifs is 1. The number of carbonyl (C=O) groups is 2. The van der Waals surface area contributed by atoms with Crippen LogP contribution in [0.5, 0.6) is 0 Å². The maximum Gasteiger partial charge on any atom is 0.237 e. The van der Waals surface area contributed by atoms with Crippen molar-refractivity contribution in [2.75, 3.05) is 13.1 Å². The molecule has 1 heterocycles. The van der Waals surface area contributed by atoms with Gasteiger partial charge in [0.1, 0.15) is 0 Å². The predicted molar refractivity (Wildman–Crippen MR) is 102 cm³/mol. The molecule has 2 aromatic rings. The molecule has 1 aliphatic carbocycles. The van der Waals surface area contributed by atoms with Crippen molar-refractivity contribution in [3.05, 3.63) is 48.0 Å². The third kappa shape index (κ3) is 3.58. The lowest BCUT2D eigenvalue weighted by molar-refractivity contribution is -0.134. The van der Waals surface area contributed by atoms with E-state index in [1.807, 2.05) is 12.1 Å². The van der Waals surface area contributed by atoms with Crippen molar-refractivity contribution < 1.29 is 9.59 Å². The van der Waals surface area contributed by atoms with E-state index in [9.17, 15) is 9.59 Å². The normalized spacial score (nSPS) is 21.2. The Balaban J connectivity index is 1.50. The number of amides is 2. The molecule has 5 nitrogen and oxygen atoms in total. The van der Waals surface area contributed by atoms with Crippen molar-refractivity contribution in [3.63, 3.8) is 0 Å². The number of piperazine rings is 1. The third-order valence-corrected chi connectivity index (χ3v) is 5.54. The summed E-state index contributed by atoms with van der Waals surface area (Å²) in [6.07, 6.45) is 3.53. The molecule has 2 N–H and O–H groups in total. The summed E-state index contributed by atoms with van der Waals surface area (Å²) in [5, 5.41) is 8.37. The number of nitrogens with zero attached hydrogens (tertiary/aromatic N) is 1. The highest BCUT2D eigenvalue weighted by Crippen LogP contribution is 2.23. The van der Waals surface area contributed by atoms with E-state index in [1.165, 1.54) is 22.8 Å². The van der Waals surface area contributed by atoms with Gasteiger partial charge in [-0.15, -0.1) is 0 Å². The van der Waals surface area contributed by atoms with Gasteiger partial charge in [0, 0.05) is 25.7 Å². The predicted octanol–water partition coefficient (Wildman–Crippen LogP) is 2.20. The van der Waals surface area contributed by atoms with E-state index in [1.54, 1.807) is 0 Å². The van der Waals surface area contributed by atoms with Gasteiger partial charge in [-0.05, 0) is 35.6 Å². The van der Waals surface area contributed by atoms with E-state index in [4.69, 9.17) is 0 Å². The molecule has 0 aromatic heterocycles. The van der Waals surface area contributed by atoms with Crippen LogP contribution in [0.3, 0.4) is 0 Å². The molecule has 2 amide bonds. The van der Waals surface area contributed by atoms with Gasteiger partial charge in [0.05, 0.1) is 12.5 Å². The summed E-state index contributed by atoms with van der Waals surface area (Å²) in [5.41, 5.74) is 1.20. The largest absolute Gasteiger partial charge is 0.353 e. The Labute approximate surface area is 153 Å². The van der Waals surface area contributed by atoms with Gasteiger partial charge >= 0.3 is 0 Å². The molecule has 0 radical (unpaired) electrons. The highest BCUT2D eigenvalue weighted by atomic mass is 16.2. The van der Waals surface area contributed by atoms with Gasteiger partial charge in [-0.2, -0.15) is 0 Å². The Kier molecular flexibility index (Phi) is 4.89. The van der Waals surface area contributed by atoms with Crippen LogP contribution in [-0.4, -0.2) is 41.9 Å². The number of rotatable bonds is 5. The minimum absolute atomic E-state index is 0.0142. The van der Waals surface area contributed by atoms with Crippen LogP contribution in [0.25, 0.3) is 10.8 Å². The fraction of sp³-hybridized carbons (Fsp3) is 0.429.